The molecule has 144 valence electrons. The predicted octanol–water partition coefficient (Wildman–Crippen LogP) is 3.38. The van der Waals surface area contributed by atoms with Crippen molar-refractivity contribution < 1.29 is 18.1 Å². The Kier molecular flexibility index (Phi) is 5.76. The zero-order valence-corrected chi connectivity index (χ0v) is 15.9. The molecule has 2 aromatic carbocycles. The lowest BCUT2D eigenvalue weighted by Gasteiger charge is -2.31. The molecule has 7 nitrogen and oxygen atoms in total. The summed E-state index contributed by atoms with van der Waals surface area (Å²) < 4.78 is 33.1. The number of hydrogen-bond acceptors (Lipinski definition) is 5. The Morgan fingerprint density at radius 1 is 1.22 bits per heavy atom. The van der Waals surface area contributed by atoms with Gasteiger partial charge in [0, 0.05) is 31.1 Å². The second kappa shape index (κ2) is 8.06. The number of non-ortho nitro benzene ring substituents is 1. The molecular formula is C19H22N2O5S. The number of piperidine rings is 1. The lowest BCUT2D eigenvalue weighted by atomic mass is 10.0. The molecule has 0 aromatic heterocycles. The Labute approximate surface area is 158 Å². The minimum Gasteiger partial charge on any atom is -0.493 e. The average Bonchev–Trinajstić information content (AvgIpc) is 2.67. The second-order valence-electron chi connectivity index (χ2n) is 6.70. The summed E-state index contributed by atoms with van der Waals surface area (Å²) in [5.74, 6) is 0.878. The SMILES string of the molecule is Cc1ccccc1OCC1CCCN(S(=O)(=O)c2cccc([N+](=O)[O-])c2)C1. The highest BCUT2D eigenvalue weighted by Crippen LogP contribution is 2.27. The van der Waals surface area contributed by atoms with Crippen LogP contribution in [0.15, 0.2) is 53.4 Å². The van der Waals surface area contributed by atoms with Crippen molar-refractivity contribution in [3.05, 3.63) is 64.2 Å². The fraction of sp³-hybridized carbons (Fsp3) is 0.368. The molecule has 8 heteroatoms. The van der Waals surface area contributed by atoms with E-state index in [0.717, 1.165) is 30.2 Å². The number of hydrogen-bond donors (Lipinski definition) is 0. The fourth-order valence-electron chi connectivity index (χ4n) is 3.21. The third-order valence-electron chi connectivity index (χ3n) is 4.72. The molecule has 0 amide bonds. The standard InChI is InChI=1S/C19H22N2O5S/c1-15-6-2-3-10-19(15)26-14-16-7-5-11-20(13-16)27(24,25)18-9-4-8-17(12-18)21(22)23/h2-4,6,8-10,12,16H,5,7,11,13-14H2,1H3. The van der Waals surface area contributed by atoms with Crippen LogP contribution >= 0.6 is 0 Å². The van der Waals surface area contributed by atoms with Gasteiger partial charge in [0.05, 0.1) is 16.4 Å². The summed E-state index contributed by atoms with van der Waals surface area (Å²) in [6.45, 7) is 3.16. The molecule has 0 radical (unpaired) electrons. The lowest BCUT2D eigenvalue weighted by Crippen LogP contribution is -2.41. The van der Waals surface area contributed by atoms with E-state index in [2.05, 4.69) is 0 Å². The highest BCUT2D eigenvalue weighted by molar-refractivity contribution is 7.89. The van der Waals surface area contributed by atoms with E-state index in [1.54, 1.807) is 0 Å². The van der Waals surface area contributed by atoms with E-state index in [9.17, 15) is 18.5 Å². The van der Waals surface area contributed by atoms with Gasteiger partial charge in [-0.1, -0.05) is 24.3 Å². The van der Waals surface area contributed by atoms with Crippen molar-refractivity contribution in [3.8, 4) is 5.75 Å². The van der Waals surface area contributed by atoms with E-state index in [0.29, 0.717) is 19.7 Å². The Balaban J connectivity index is 1.70. The molecule has 2 aromatic rings. The summed E-state index contributed by atoms with van der Waals surface area (Å²) in [5.41, 5.74) is 0.807. The quantitative estimate of drug-likeness (QED) is 0.557. The fourth-order valence-corrected chi connectivity index (χ4v) is 4.81. The topological polar surface area (TPSA) is 89.8 Å². The van der Waals surface area contributed by atoms with Gasteiger partial charge in [0.2, 0.25) is 10.0 Å². The Bertz CT molecular complexity index is 929. The van der Waals surface area contributed by atoms with Crippen LogP contribution in [0.25, 0.3) is 0 Å². The molecule has 0 spiro atoms. The first-order valence-electron chi connectivity index (χ1n) is 8.81. The monoisotopic (exact) mass is 390 g/mol. The van der Waals surface area contributed by atoms with Crippen LogP contribution in [0.2, 0.25) is 0 Å². The van der Waals surface area contributed by atoms with Crippen molar-refractivity contribution in [3.63, 3.8) is 0 Å². The minimum absolute atomic E-state index is 0.0443. The van der Waals surface area contributed by atoms with Crippen molar-refractivity contribution in [2.24, 2.45) is 5.92 Å². The van der Waals surface area contributed by atoms with E-state index in [4.69, 9.17) is 4.74 Å². The van der Waals surface area contributed by atoms with E-state index < -0.39 is 14.9 Å². The summed E-state index contributed by atoms with van der Waals surface area (Å²) in [5, 5.41) is 10.9. The number of benzene rings is 2. The van der Waals surface area contributed by atoms with Gasteiger partial charge in [-0.05, 0) is 37.5 Å². The third-order valence-corrected chi connectivity index (χ3v) is 6.58. The molecule has 1 aliphatic rings. The molecule has 0 N–H and O–H groups in total. The zero-order chi connectivity index (χ0) is 19.4. The molecule has 1 aliphatic heterocycles. The first-order chi connectivity index (χ1) is 12.9. The van der Waals surface area contributed by atoms with Crippen LogP contribution < -0.4 is 4.74 Å². The molecule has 27 heavy (non-hydrogen) atoms. The van der Waals surface area contributed by atoms with Crippen LogP contribution in [0.1, 0.15) is 18.4 Å². The largest absolute Gasteiger partial charge is 0.493 e. The number of nitro groups is 1. The third kappa shape index (κ3) is 4.45. The summed E-state index contributed by atoms with van der Waals surface area (Å²) in [4.78, 5) is 10.3. The van der Waals surface area contributed by atoms with Gasteiger partial charge in [-0.15, -0.1) is 0 Å². The van der Waals surface area contributed by atoms with Crippen molar-refractivity contribution in [1.82, 2.24) is 4.31 Å². The summed E-state index contributed by atoms with van der Waals surface area (Å²) in [6.07, 6.45) is 1.61. The first-order valence-corrected chi connectivity index (χ1v) is 10.2. The predicted molar refractivity (Wildman–Crippen MR) is 101 cm³/mol. The van der Waals surface area contributed by atoms with Crippen LogP contribution in [0.4, 0.5) is 5.69 Å². The lowest BCUT2D eigenvalue weighted by molar-refractivity contribution is -0.385. The van der Waals surface area contributed by atoms with E-state index in [-0.39, 0.29) is 16.5 Å². The number of aryl methyl sites for hydroxylation is 1. The maximum atomic E-state index is 12.9. The highest BCUT2D eigenvalue weighted by atomic mass is 32.2. The maximum absolute atomic E-state index is 12.9. The van der Waals surface area contributed by atoms with Gasteiger partial charge >= 0.3 is 0 Å². The number of nitro benzene ring substituents is 1. The number of sulfonamides is 1. The van der Waals surface area contributed by atoms with Gasteiger partial charge < -0.3 is 4.74 Å². The Morgan fingerprint density at radius 2 is 2.00 bits per heavy atom. The molecule has 1 saturated heterocycles. The van der Waals surface area contributed by atoms with Crippen molar-refractivity contribution in [1.29, 1.82) is 0 Å². The molecule has 1 unspecified atom stereocenters. The van der Waals surface area contributed by atoms with Crippen LogP contribution in [-0.4, -0.2) is 37.3 Å². The van der Waals surface area contributed by atoms with Crippen LogP contribution in [0.5, 0.6) is 5.75 Å². The molecule has 1 atom stereocenters. The van der Waals surface area contributed by atoms with Gasteiger partial charge in [-0.25, -0.2) is 8.42 Å². The first kappa shape index (κ1) is 19.3. The molecule has 0 aliphatic carbocycles. The second-order valence-corrected chi connectivity index (χ2v) is 8.64. The molecule has 0 saturated carbocycles. The normalized spacial score (nSPS) is 18.2. The summed E-state index contributed by atoms with van der Waals surface area (Å²) in [7, 11) is -3.77. The van der Waals surface area contributed by atoms with Crippen molar-refractivity contribution >= 4 is 15.7 Å². The maximum Gasteiger partial charge on any atom is 0.270 e. The van der Waals surface area contributed by atoms with Crippen molar-refractivity contribution in [2.45, 2.75) is 24.7 Å². The molecule has 0 bridgehead atoms. The highest BCUT2D eigenvalue weighted by Gasteiger charge is 2.31. The molecule has 1 fully saturated rings. The minimum atomic E-state index is -3.77. The van der Waals surface area contributed by atoms with Gasteiger partial charge in [-0.2, -0.15) is 4.31 Å². The molecular weight excluding hydrogens is 368 g/mol. The number of nitrogens with zero attached hydrogens (tertiary/aromatic N) is 2. The van der Waals surface area contributed by atoms with E-state index in [1.165, 1.54) is 22.5 Å². The van der Waals surface area contributed by atoms with Gasteiger partial charge in [-0.3, -0.25) is 10.1 Å². The van der Waals surface area contributed by atoms with Gasteiger partial charge in [0.1, 0.15) is 5.75 Å². The van der Waals surface area contributed by atoms with Crippen LogP contribution in [0, 0.1) is 23.0 Å². The van der Waals surface area contributed by atoms with Crippen LogP contribution in [-0.2, 0) is 10.0 Å². The average molecular weight is 390 g/mol. The Morgan fingerprint density at radius 3 is 2.74 bits per heavy atom. The van der Waals surface area contributed by atoms with Crippen LogP contribution in [0.3, 0.4) is 0 Å². The van der Waals surface area contributed by atoms with E-state index >= 15 is 0 Å². The number of ether oxygens (including phenoxy) is 1. The zero-order valence-electron chi connectivity index (χ0n) is 15.1. The van der Waals surface area contributed by atoms with E-state index in [1.807, 2.05) is 31.2 Å². The number of para-hydroxylation sites is 1. The smallest absolute Gasteiger partial charge is 0.270 e. The molecule has 3 rings (SSSR count). The number of rotatable bonds is 6. The molecule has 1 heterocycles. The Hall–Kier alpha value is -2.45. The van der Waals surface area contributed by atoms with Gasteiger partial charge in [0.25, 0.3) is 5.69 Å². The summed E-state index contributed by atoms with van der Waals surface area (Å²) >= 11 is 0. The van der Waals surface area contributed by atoms with Gasteiger partial charge in [0.15, 0.2) is 0 Å². The van der Waals surface area contributed by atoms with Crippen molar-refractivity contribution in [2.75, 3.05) is 19.7 Å². The summed E-state index contributed by atoms with van der Waals surface area (Å²) in [6, 6.07) is 12.9.